The van der Waals surface area contributed by atoms with Crippen molar-refractivity contribution < 1.29 is 4.79 Å². The van der Waals surface area contributed by atoms with Crippen molar-refractivity contribution in [1.29, 1.82) is 0 Å². The highest BCUT2D eigenvalue weighted by atomic mass is 16.2. The molecule has 0 spiro atoms. The second-order valence-corrected chi connectivity index (χ2v) is 6.95. The largest absolute Gasteiger partial charge is 0.331 e. The van der Waals surface area contributed by atoms with Crippen molar-refractivity contribution in [2.24, 2.45) is 0 Å². The van der Waals surface area contributed by atoms with Crippen LogP contribution in [0.1, 0.15) is 60.4 Å². The van der Waals surface area contributed by atoms with Crippen LogP contribution in [0.25, 0.3) is 5.69 Å². The summed E-state index contributed by atoms with van der Waals surface area (Å²) in [6.07, 6.45) is 1.73. The smallest absolute Gasteiger partial charge is 0.293 e. The molecule has 0 aliphatic rings. The van der Waals surface area contributed by atoms with Gasteiger partial charge in [0.1, 0.15) is 5.82 Å². The second kappa shape index (κ2) is 7.70. The van der Waals surface area contributed by atoms with Gasteiger partial charge in [-0.2, -0.15) is 0 Å². The van der Waals surface area contributed by atoms with Crippen molar-refractivity contribution in [3.05, 3.63) is 71.6 Å². The number of pyridine rings is 1. The topological polar surface area (TPSA) is 63.9 Å². The molecule has 27 heavy (non-hydrogen) atoms. The highest BCUT2D eigenvalue weighted by Crippen LogP contribution is 2.24. The number of para-hydroxylation sites is 1. The van der Waals surface area contributed by atoms with E-state index in [2.05, 4.69) is 35.0 Å². The molecule has 0 saturated carbocycles. The van der Waals surface area contributed by atoms with Gasteiger partial charge in [0.25, 0.3) is 5.91 Å². The standard InChI is InChI=1S/C21H25N5O/c1-14(2)17-10-6-7-12-19(17)26-16(4)23-20(24-26)21(27)25(5)15(3)18-11-8-9-13-22-18/h6-15H,1-5H3/t15-/m1/s1. The predicted octanol–water partition coefficient (Wildman–Crippen LogP) is 3.93. The molecule has 0 N–H and O–H groups in total. The Morgan fingerprint density at radius 3 is 2.44 bits per heavy atom. The molecule has 0 aliphatic carbocycles. The summed E-state index contributed by atoms with van der Waals surface area (Å²) >= 11 is 0. The number of amides is 1. The molecule has 1 aromatic carbocycles. The maximum Gasteiger partial charge on any atom is 0.293 e. The molecule has 0 unspecified atom stereocenters. The van der Waals surface area contributed by atoms with Gasteiger partial charge in [0.2, 0.25) is 5.82 Å². The Morgan fingerprint density at radius 2 is 1.78 bits per heavy atom. The number of carbonyl (C=O) groups excluding carboxylic acids is 1. The Morgan fingerprint density at radius 1 is 1.07 bits per heavy atom. The zero-order valence-corrected chi connectivity index (χ0v) is 16.4. The molecular formula is C21H25N5O. The first kappa shape index (κ1) is 18.8. The fraction of sp³-hybridized carbons (Fsp3) is 0.333. The van der Waals surface area contributed by atoms with E-state index in [0.29, 0.717) is 11.7 Å². The predicted molar refractivity (Wildman–Crippen MR) is 105 cm³/mol. The molecule has 0 bridgehead atoms. The summed E-state index contributed by atoms with van der Waals surface area (Å²) in [5.41, 5.74) is 2.95. The van der Waals surface area contributed by atoms with E-state index < -0.39 is 0 Å². The van der Waals surface area contributed by atoms with E-state index in [0.717, 1.165) is 11.4 Å². The van der Waals surface area contributed by atoms with Crippen LogP contribution in [0.5, 0.6) is 0 Å². The maximum absolute atomic E-state index is 12.9. The van der Waals surface area contributed by atoms with Crippen LogP contribution in [-0.4, -0.2) is 37.6 Å². The fourth-order valence-electron chi connectivity index (χ4n) is 3.03. The van der Waals surface area contributed by atoms with E-state index in [1.807, 2.05) is 50.2 Å². The second-order valence-electron chi connectivity index (χ2n) is 6.95. The quantitative estimate of drug-likeness (QED) is 0.689. The van der Waals surface area contributed by atoms with Crippen LogP contribution in [0.3, 0.4) is 0 Å². The van der Waals surface area contributed by atoms with Crippen LogP contribution in [0, 0.1) is 6.92 Å². The first-order chi connectivity index (χ1) is 12.9. The number of rotatable bonds is 5. The molecular weight excluding hydrogens is 338 g/mol. The molecule has 3 aromatic rings. The van der Waals surface area contributed by atoms with E-state index in [-0.39, 0.29) is 17.8 Å². The summed E-state index contributed by atoms with van der Waals surface area (Å²) in [4.78, 5) is 23.3. The zero-order valence-electron chi connectivity index (χ0n) is 16.4. The van der Waals surface area contributed by atoms with Crippen molar-refractivity contribution in [2.45, 2.75) is 39.7 Å². The Labute approximate surface area is 159 Å². The van der Waals surface area contributed by atoms with Gasteiger partial charge in [0, 0.05) is 13.2 Å². The molecule has 140 valence electrons. The van der Waals surface area contributed by atoms with E-state index in [1.165, 1.54) is 5.56 Å². The van der Waals surface area contributed by atoms with Gasteiger partial charge in [-0.25, -0.2) is 9.67 Å². The molecule has 1 atom stereocenters. The third kappa shape index (κ3) is 3.74. The summed E-state index contributed by atoms with van der Waals surface area (Å²) in [6.45, 7) is 8.08. The molecule has 0 saturated heterocycles. The number of carbonyl (C=O) groups is 1. The van der Waals surface area contributed by atoms with Gasteiger partial charge in [-0.15, -0.1) is 5.10 Å². The van der Waals surface area contributed by atoms with Crippen molar-refractivity contribution in [3.8, 4) is 5.69 Å². The summed E-state index contributed by atoms with van der Waals surface area (Å²) in [5, 5.41) is 4.51. The Kier molecular flexibility index (Phi) is 5.35. The minimum absolute atomic E-state index is 0.172. The van der Waals surface area contributed by atoms with Crippen LogP contribution in [0.15, 0.2) is 48.7 Å². The van der Waals surface area contributed by atoms with Crippen molar-refractivity contribution in [2.75, 3.05) is 7.05 Å². The molecule has 2 aromatic heterocycles. The average molecular weight is 363 g/mol. The summed E-state index contributed by atoms with van der Waals surface area (Å²) in [6, 6.07) is 13.6. The van der Waals surface area contributed by atoms with E-state index in [4.69, 9.17) is 0 Å². The van der Waals surface area contributed by atoms with Crippen molar-refractivity contribution in [1.82, 2.24) is 24.6 Å². The lowest BCUT2D eigenvalue weighted by atomic mass is 10.0. The molecule has 1 amide bonds. The normalized spacial score (nSPS) is 12.2. The third-order valence-electron chi connectivity index (χ3n) is 4.76. The van der Waals surface area contributed by atoms with Gasteiger partial charge in [-0.05, 0) is 43.5 Å². The van der Waals surface area contributed by atoms with Crippen molar-refractivity contribution in [3.63, 3.8) is 0 Å². The molecule has 0 aliphatic heterocycles. The van der Waals surface area contributed by atoms with Gasteiger partial charge in [-0.3, -0.25) is 9.78 Å². The summed E-state index contributed by atoms with van der Waals surface area (Å²) < 4.78 is 1.75. The summed E-state index contributed by atoms with van der Waals surface area (Å²) in [5.74, 6) is 0.995. The van der Waals surface area contributed by atoms with Gasteiger partial charge in [0.05, 0.1) is 17.4 Å². The summed E-state index contributed by atoms with van der Waals surface area (Å²) in [7, 11) is 1.75. The lowest BCUT2D eigenvalue weighted by molar-refractivity contribution is 0.0727. The lowest BCUT2D eigenvalue weighted by Gasteiger charge is -2.23. The molecule has 6 nitrogen and oxygen atoms in total. The molecule has 6 heteroatoms. The average Bonchev–Trinajstić information content (AvgIpc) is 3.08. The number of hydrogen-bond donors (Lipinski definition) is 0. The zero-order chi connectivity index (χ0) is 19.6. The Bertz CT molecular complexity index is 933. The minimum Gasteiger partial charge on any atom is -0.331 e. The number of aromatic nitrogens is 4. The third-order valence-corrected chi connectivity index (χ3v) is 4.76. The van der Waals surface area contributed by atoms with Crippen LogP contribution >= 0.6 is 0 Å². The monoisotopic (exact) mass is 363 g/mol. The number of aryl methyl sites for hydroxylation is 1. The lowest BCUT2D eigenvalue weighted by Crippen LogP contribution is -2.31. The SMILES string of the molecule is Cc1nc(C(=O)N(C)[C@H](C)c2ccccn2)nn1-c1ccccc1C(C)C. The van der Waals surface area contributed by atoms with Crippen LogP contribution < -0.4 is 0 Å². The first-order valence-corrected chi connectivity index (χ1v) is 9.11. The molecule has 2 heterocycles. The van der Waals surface area contributed by atoms with Gasteiger partial charge in [0.15, 0.2) is 0 Å². The Balaban J connectivity index is 1.91. The highest BCUT2D eigenvalue weighted by molar-refractivity contribution is 5.90. The van der Waals surface area contributed by atoms with E-state index >= 15 is 0 Å². The fourth-order valence-corrected chi connectivity index (χ4v) is 3.03. The number of benzene rings is 1. The molecule has 3 rings (SSSR count). The van der Waals surface area contributed by atoms with Gasteiger partial charge in [-0.1, -0.05) is 38.1 Å². The molecule has 0 fully saturated rings. The molecule has 0 radical (unpaired) electrons. The minimum atomic E-state index is -0.225. The highest BCUT2D eigenvalue weighted by Gasteiger charge is 2.24. The van der Waals surface area contributed by atoms with Crippen LogP contribution in [-0.2, 0) is 0 Å². The maximum atomic E-state index is 12.9. The van der Waals surface area contributed by atoms with Gasteiger partial charge < -0.3 is 4.90 Å². The van der Waals surface area contributed by atoms with E-state index in [9.17, 15) is 4.79 Å². The number of hydrogen-bond acceptors (Lipinski definition) is 4. The Hall–Kier alpha value is -3.02. The van der Waals surface area contributed by atoms with Crippen molar-refractivity contribution >= 4 is 5.91 Å². The first-order valence-electron chi connectivity index (χ1n) is 9.11. The number of nitrogens with zero attached hydrogens (tertiary/aromatic N) is 5. The van der Waals surface area contributed by atoms with Gasteiger partial charge >= 0.3 is 0 Å². The van der Waals surface area contributed by atoms with Crippen LogP contribution in [0.2, 0.25) is 0 Å². The van der Waals surface area contributed by atoms with E-state index in [1.54, 1.807) is 22.8 Å². The van der Waals surface area contributed by atoms with Crippen LogP contribution in [0.4, 0.5) is 0 Å².